The molecular weight excluding hydrogens is 220 g/mol. The quantitative estimate of drug-likeness (QED) is 0.708. The number of fused-ring (bicyclic) bond motifs is 1. The highest BCUT2D eigenvalue weighted by Gasteiger charge is 2.48. The van der Waals surface area contributed by atoms with Gasteiger partial charge in [-0.25, -0.2) is 0 Å². The third-order valence-corrected chi connectivity index (χ3v) is 4.61. The zero-order valence-electron chi connectivity index (χ0n) is 11.3. The van der Waals surface area contributed by atoms with Gasteiger partial charge in [-0.2, -0.15) is 0 Å². The van der Waals surface area contributed by atoms with E-state index in [0.717, 1.165) is 6.42 Å². The summed E-state index contributed by atoms with van der Waals surface area (Å²) >= 11 is 0. The predicted octanol–water partition coefficient (Wildman–Crippen LogP) is 4.07. The van der Waals surface area contributed by atoms with Gasteiger partial charge in [-0.3, -0.25) is 0 Å². The van der Waals surface area contributed by atoms with E-state index in [2.05, 4.69) is 62.4 Å². The predicted molar refractivity (Wildman–Crippen MR) is 75.2 cm³/mol. The highest BCUT2D eigenvalue weighted by molar-refractivity contribution is 5.75. The van der Waals surface area contributed by atoms with Gasteiger partial charge in [0.1, 0.15) is 0 Å². The molecule has 3 aliphatic carbocycles. The summed E-state index contributed by atoms with van der Waals surface area (Å²) in [5.74, 6) is 0.388. The van der Waals surface area contributed by atoms with Crippen molar-refractivity contribution in [2.75, 3.05) is 7.11 Å². The Morgan fingerprint density at radius 3 is 2.50 bits per heavy atom. The molecule has 1 nitrogen and oxygen atoms in total. The lowest BCUT2D eigenvalue weighted by Gasteiger charge is -2.50. The van der Waals surface area contributed by atoms with E-state index in [1.54, 1.807) is 0 Å². The summed E-state index contributed by atoms with van der Waals surface area (Å²) in [5, 5.41) is 0. The molecule has 1 heteroatoms. The summed E-state index contributed by atoms with van der Waals surface area (Å²) in [6.45, 7) is 4.53. The van der Waals surface area contributed by atoms with Crippen molar-refractivity contribution in [1.82, 2.24) is 0 Å². The number of ether oxygens (including phenoxy) is 1. The molecule has 4 rings (SSSR count). The van der Waals surface area contributed by atoms with Crippen molar-refractivity contribution in [2.45, 2.75) is 25.9 Å². The zero-order chi connectivity index (χ0) is 12.8. The zero-order valence-corrected chi connectivity index (χ0v) is 11.3. The molecule has 3 aliphatic rings. The van der Waals surface area contributed by atoms with Crippen LogP contribution in [0, 0.1) is 11.3 Å². The summed E-state index contributed by atoms with van der Waals surface area (Å²) in [5.41, 5.74) is 2.83. The molecule has 1 aromatic carbocycles. The highest BCUT2D eigenvalue weighted by atomic mass is 16.5. The van der Waals surface area contributed by atoms with E-state index in [1.165, 1.54) is 11.1 Å². The monoisotopic (exact) mass is 240 g/mol. The Labute approximate surface area is 109 Å². The molecule has 0 fully saturated rings. The maximum absolute atomic E-state index is 5.77. The lowest BCUT2D eigenvalue weighted by atomic mass is 9.59. The molecule has 0 saturated heterocycles. The minimum absolute atomic E-state index is 0.0538. The van der Waals surface area contributed by atoms with Gasteiger partial charge in [-0.1, -0.05) is 55.5 Å². The lowest BCUT2D eigenvalue weighted by Crippen LogP contribution is -2.46. The van der Waals surface area contributed by atoms with E-state index in [9.17, 15) is 0 Å². The summed E-state index contributed by atoms with van der Waals surface area (Å²) in [7, 11) is 1.83. The smallest absolute Gasteiger partial charge is 0.0759 e. The first-order valence-electron chi connectivity index (χ1n) is 6.60. The molecule has 0 aliphatic heterocycles. The summed E-state index contributed by atoms with van der Waals surface area (Å²) in [4.78, 5) is 0. The van der Waals surface area contributed by atoms with E-state index in [0.29, 0.717) is 5.92 Å². The van der Waals surface area contributed by atoms with Crippen molar-refractivity contribution >= 4 is 5.57 Å². The van der Waals surface area contributed by atoms with Gasteiger partial charge in [-0.05, 0) is 24.5 Å². The van der Waals surface area contributed by atoms with Crippen molar-refractivity contribution in [2.24, 2.45) is 11.3 Å². The molecule has 0 radical (unpaired) electrons. The second-order valence-corrected chi connectivity index (χ2v) is 5.94. The second kappa shape index (κ2) is 3.83. The summed E-state index contributed by atoms with van der Waals surface area (Å²) < 4.78 is 5.77. The van der Waals surface area contributed by atoms with Crippen LogP contribution >= 0.6 is 0 Å². The van der Waals surface area contributed by atoms with Crippen molar-refractivity contribution in [3.8, 4) is 0 Å². The number of hydrogen-bond acceptors (Lipinski definition) is 1. The lowest BCUT2D eigenvalue weighted by molar-refractivity contribution is -0.0461. The van der Waals surface area contributed by atoms with Crippen LogP contribution in [-0.4, -0.2) is 12.7 Å². The van der Waals surface area contributed by atoms with Gasteiger partial charge in [0.05, 0.1) is 5.60 Å². The second-order valence-electron chi connectivity index (χ2n) is 5.94. The molecular formula is C17H20O. The molecule has 0 saturated carbocycles. The van der Waals surface area contributed by atoms with Crippen molar-refractivity contribution in [3.05, 3.63) is 54.1 Å². The van der Waals surface area contributed by atoms with Gasteiger partial charge in [0.25, 0.3) is 0 Å². The average molecular weight is 240 g/mol. The normalized spacial score (nSPS) is 37.7. The van der Waals surface area contributed by atoms with Crippen LogP contribution in [0.2, 0.25) is 0 Å². The fourth-order valence-corrected chi connectivity index (χ4v) is 3.46. The van der Waals surface area contributed by atoms with E-state index < -0.39 is 0 Å². The Morgan fingerprint density at radius 1 is 1.17 bits per heavy atom. The van der Waals surface area contributed by atoms with Crippen LogP contribution in [0.3, 0.4) is 0 Å². The van der Waals surface area contributed by atoms with Gasteiger partial charge in [-0.15, -0.1) is 0 Å². The third-order valence-electron chi connectivity index (χ3n) is 4.61. The minimum atomic E-state index is -0.0538. The van der Waals surface area contributed by atoms with E-state index >= 15 is 0 Å². The van der Waals surface area contributed by atoms with Crippen LogP contribution in [0.4, 0.5) is 0 Å². The molecule has 0 amide bonds. The minimum Gasteiger partial charge on any atom is -0.378 e. The van der Waals surface area contributed by atoms with Gasteiger partial charge in [0, 0.05) is 18.4 Å². The van der Waals surface area contributed by atoms with E-state index in [-0.39, 0.29) is 11.0 Å². The Bertz CT molecular complexity index is 514. The maximum atomic E-state index is 5.77. The van der Waals surface area contributed by atoms with Gasteiger partial charge < -0.3 is 4.74 Å². The summed E-state index contributed by atoms with van der Waals surface area (Å²) in [6.07, 6.45) is 8.11. The van der Waals surface area contributed by atoms with Crippen LogP contribution in [-0.2, 0) is 4.74 Å². The molecule has 0 heterocycles. The van der Waals surface area contributed by atoms with Crippen LogP contribution in [0.15, 0.2) is 48.6 Å². The number of rotatable bonds is 2. The average Bonchev–Trinajstić information content (AvgIpc) is 2.39. The molecule has 3 atom stereocenters. The Kier molecular flexibility index (Phi) is 2.49. The topological polar surface area (TPSA) is 9.23 Å². The maximum Gasteiger partial charge on any atom is 0.0759 e. The van der Waals surface area contributed by atoms with Gasteiger partial charge in [0.2, 0.25) is 0 Å². The van der Waals surface area contributed by atoms with Crippen LogP contribution in [0.25, 0.3) is 5.57 Å². The largest absolute Gasteiger partial charge is 0.378 e. The highest BCUT2D eigenvalue weighted by Crippen LogP contribution is 2.54. The molecule has 0 spiro atoms. The van der Waals surface area contributed by atoms with Crippen molar-refractivity contribution in [1.29, 1.82) is 0 Å². The first-order chi connectivity index (χ1) is 8.57. The Balaban J connectivity index is 2.08. The fraction of sp³-hybridized carbons (Fsp3) is 0.412. The molecule has 0 aromatic heterocycles. The number of hydrogen-bond donors (Lipinski definition) is 0. The first kappa shape index (κ1) is 11.7. The Morgan fingerprint density at radius 2 is 1.89 bits per heavy atom. The van der Waals surface area contributed by atoms with Gasteiger partial charge in [0.15, 0.2) is 0 Å². The molecule has 2 bridgehead atoms. The van der Waals surface area contributed by atoms with Crippen LogP contribution in [0.5, 0.6) is 0 Å². The standard InChI is InChI=1S/C17H20O/c1-16-10-9-14(17(2,12-16)18-3)11-15(16)13-7-5-4-6-8-13/h4-11,14H,12H2,1-3H3/t14-,16-,17+/m1/s1. The third kappa shape index (κ3) is 1.58. The Hall–Kier alpha value is -1.34. The van der Waals surface area contributed by atoms with Crippen LogP contribution in [0.1, 0.15) is 25.8 Å². The molecule has 1 aromatic rings. The van der Waals surface area contributed by atoms with E-state index in [4.69, 9.17) is 4.74 Å². The SMILES string of the molecule is CO[C@@]1(C)C[C@@]2(C)C=C[C@@H]1C=C2c1ccccc1. The first-order valence-corrected chi connectivity index (χ1v) is 6.60. The van der Waals surface area contributed by atoms with Crippen LogP contribution < -0.4 is 0 Å². The molecule has 18 heavy (non-hydrogen) atoms. The fourth-order valence-electron chi connectivity index (χ4n) is 3.46. The summed E-state index contributed by atoms with van der Waals surface area (Å²) in [6, 6.07) is 10.7. The molecule has 94 valence electrons. The van der Waals surface area contributed by atoms with Crippen molar-refractivity contribution < 1.29 is 4.74 Å². The molecule has 0 unspecified atom stereocenters. The number of allylic oxidation sites excluding steroid dienone is 2. The van der Waals surface area contributed by atoms with Gasteiger partial charge >= 0.3 is 0 Å². The number of methoxy groups -OCH3 is 1. The van der Waals surface area contributed by atoms with Crippen molar-refractivity contribution in [3.63, 3.8) is 0 Å². The molecule has 0 N–H and O–H groups in total. The van der Waals surface area contributed by atoms with E-state index in [1.807, 2.05) is 7.11 Å². The number of benzene rings is 1.